The second kappa shape index (κ2) is 10.8. The van der Waals surface area contributed by atoms with E-state index in [9.17, 15) is 14.0 Å². The second-order valence-electron chi connectivity index (χ2n) is 7.95. The summed E-state index contributed by atoms with van der Waals surface area (Å²) in [5, 5.41) is 6.93. The van der Waals surface area contributed by atoms with E-state index < -0.39 is 11.4 Å². The van der Waals surface area contributed by atoms with Crippen molar-refractivity contribution in [1.82, 2.24) is 24.9 Å². The Labute approximate surface area is 196 Å². The third kappa shape index (κ3) is 5.55. The van der Waals surface area contributed by atoms with Gasteiger partial charge in [0.05, 0.1) is 0 Å². The molecular formula is C25H26FN5O3. The fourth-order valence-corrected chi connectivity index (χ4v) is 3.73. The summed E-state index contributed by atoms with van der Waals surface area (Å²) < 4.78 is 19.6. The van der Waals surface area contributed by atoms with E-state index in [0.717, 1.165) is 26.1 Å². The van der Waals surface area contributed by atoms with Crippen LogP contribution in [0.15, 0.2) is 70.2 Å². The van der Waals surface area contributed by atoms with Crippen molar-refractivity contribution in [3.63, 3.8) is 0 Å². The molecule has 0 spiro atoms. The summed E-state index contributed by atoms with van der Waals surface area (Å²) in [6.07, 6.45) is 2.06. The largest absolute Gasteiger partial charge is 0.354 e. The smallest absolute Gasteiger partial charge is 0.267 e. The Morgan fingerprint density at radius 3 is 2.65 bits per heavy atom. The molecule has 2 aromatic heterocycles. The Kier molecular flexibility index (Phi) is 7.44. The van der Waals surface area contributed by atoms with Crippen LogP contribution in [0.5, 0.6) is 0 Å². The zero-order valence-corrected chi connectivity index (χ0v) is 18.9. The normalized spacial score (nSPS) is 11.3. The highest BCUT2D eigenvalue weighted by atomic mass is 19.1. The van der Waals surface area contributed by atoms with Crippen molar-refractivity contribution >= 4 is 17.0 Å². The van der Waals surface area contributed by atoms with Gasteiger partial charge in [-0.2, -0.15) is 0 Å². The van der Waals surface area contributed by atoms with Crippen molar-refractivity contribution in [2.24, 2.45) is 0 Å². The quantitative estimate of drug-likeness (QED) is 0.363. The van der Waals surface area contributed by atoms with Gasteiger partial charge in [-0.25, -0.2) is 9.37 Å². The standard InChI is InChI=1S/C25H26FN5O3/c1-2-30(15-18-7-4-3-5-8-18)14-6-13-27-21(32)16-31-17-28-24-22(25(31)33)23(29-34-24)19-9-11-20(26)12-10-19/h3-5,7-12,17H,2,6,13-16H2,1H3,(H,27,32). The first-order valence-electron chi connectivity index (χ1n) is 11.2. The van der Waals surface area contributed by atoms with Crippen LogP contribution < -0.4 is 10.9 Å². The van der Waals surface area contributed by atoms with Crippen molar-refractivity contribution in [3.05, 3.63) is 82.7 Å². The zero-order valence-electron chi connectivity index (χ0n) is 18.9. The van der Waals surface area contributed by atoms with Crippen molar-refractivity contribution in [1.29, 1.82) is 0 Å². The first-order valence-corrected chi connectivity index (χ1v) is 11.2. The molecule has 0 saturated heterocycles. The third-order valence-electron chi connectivity index (χ3n) is 5.56. The van der Waals surface area contributed by atoms with Crippen molar-refractivity contribution < 1.29 is 13.7 Å². The summed E-state index contributed by atoms with van der Waals surface area (Å²) in [6, 6.07) is 15.8. The van der Waals surface area contributed by atoms with Crippen LogP contribution in [0.4, 0.5) is 4.39 Å². The molecular weight excluding hydrogens is 437 g/mol. The topological polar surface area (TPSA) is 93.3 Å². The Balaban J connectivity index is 1.35. The van der Waals surface area contributed by atoms with Gasteiger partial charge in [-0.3, -0.25) is 19.1 Å². The molecule has 0 fully saturated rings. The van der Waals surface area contributed by atoms with Crippen molar-refractivity contribution in [2.75, 3.05) is 19.6 Å². The van der Waals surface area contributed by atoms with Gasteiger partial charge in [-0.15, -0.1) is 0 Å². The van der Waals surface area contributed by atoms with Gasteiger partial charge < -0.3 is 9.84 Å². The van der Waals surface area contributed by atoms with Gasteiger partial charge in [0, 0.05) is 25.2 Å². The van der Waals surface area contributed by atoms with Gasteiger partial charge >= 0.3 is 0 Å². The van der Waals surface area contributed by atoms with Gasteiger partial charge in [0.1, 0.15) is 29.8 Å². The maximum Gasteiger partial charge on any atom is 0.267 e. The number of halogens is 1. The predicted molar refractivity (Wildman–Crippen MR) is 126 cm³/mol. The summed E-state index contributed by atoms with van der Waals surface area (Å²) in [7, 11) is 0. The van der Waals surface area contributed by atoms with E-state index in [4.69, 9.17) is 4.52 Å². The summed E-state index contributed by atoms with van der Waals surface area (Å²) >= 11 is 0. The third-order valence-corrected chi connectivity index (χ3v) is 5.56. The SMILES string of the molecule is CCN(CCCNC(=O)Cn1cnc2onc(-c3ccc(F)cc3)c2c1=O)Cc1ccccc1. The Morgan fingerprint density at radius 2 is 1.91 bits per heavy atom. The average molecular weight is 464 g/mol. The molecule has 0 saturated carbocycles. The molecule has 1 amide bonds. The van der Waals surface area contributed by atoms with E-state index in [-0.39, 0.29) is 29.2 Å². The Morgan fingerprint density at radius 1 is 1.15 bits per heavy atom. The van der Waals surface area contributed by atoms with E-state index in [2.05, 4.69) is 39.4 Å². The number of nitrogens with one attached hydrogen (secondary N) is 1. The minimum atomic E-state index is -0.444. The highest BCUT2D eigenvalue weighted by Crippen LogP contribution is 2.24. The van der Waals surface area contributed by atoms with Crippen molar-refractivity contribution in [3.8, 4) is 11.3 Å². The van der Waals surface area contributed by atoms with Gasteiger partial charge in [0.25, 0.3) is 11.3 Å². The molecule has 176 valence electrons. The molecule has 0 aliphatic rings. The van der Waals surface area contributed by atoms with Crippen LogP contribution in [0.2, 0.25) is 0 Å². The van der Waals surface area contributed by atoms with E-state index in [0.29, 0.717) is 12.1 Å². The van der Waals surface area contributed by atoms with Gasteiger partial charge in [0.2, 0.25) is 5.91 Å². The fourth-order valence-electron chi connectivity index (χ4n) is 3.73. The molecule has 34 heavy (non-hydrogen) atoms. The molecule has 4 rings (SSSR count). The van der Waals surface area contributed by atoms with Crippen LogP contribution in [0.3, 0.4) is 0 Å². The molecule has 2 heterocycles. The lowest BCUT2D eigenvalue weighted by atomic mass is 10.1. The molecule has 0 unspecified atom stereocenters. The molecule has 4 aromatic rings. The molecule has 0 aliphatic carbocycles. The Hall–Kier alpha value is -3.85. The molecule has 2 aromatic carbocycles. The molecule has 0 radical (unpaired) electrons. The number of amides is 1. The number of carbonyl (C=O) groups excluding carboxylic acids is 1. The summed E-state index contributed by atoms with van der Waals surface area (Å²) in [4.78, 5) is 31.8. The van der Waals surface area contributed by atoms with Gasteiger partial charge in [0.15, 0.2) is 0 Å². The van der Waals surface area contributed by atoms with Crippen LogP contribution in [-0.4, -0.2) is 45.1 Å². The van der Waals surface area contributed by atoms with E-state index >= 15 is 0 Å². The highest BCUT2D eigenvalue weighted by molar-refractivity contribution is 5.88. The number of nitrogens with zero attached hydrogens (tertiary/aromatic N) is 4. The number of carbonyl (C=O) groups is 1. The monoisotopic (exact) mass is 463 g/mol. The first kappa shape index (κ1) is 23.3. The van der Waals surface area contributed by atoms with Gasteiger partial charge in [-0.1, -0.05) is 42.4 Å². The first-order chi connectivity index (χ1) is 16.5. The molecule has 8 nitrogen and oxygen atoms in total. The molecule has 0 atom stereocenters. The minimum absolute atomic E-state index is 0.0686. The van der Waals surface area contributed by atoms with Crippen LogP contribution in [-0.2, 0) is 17.9 Å². The lowest BCUT2D eigenvalue weighted by Gasteiger charge is -2.20. The van der Waals surface area contributed by atoms with Gasteiger partial charge in [-0.05, 0) is 42.8 Å². The van der Waals surface area contributed by atoms with E-state index in [1.165, 1.54) is 40.7 Å². The van der Waals surface area contributed by atoms with Crippen molar-refractivity contribution in [2.45, 2.75) is 26.4 Å². The fraction of sp³-hybridized carbons (Fsp3) is 0.280. The predicted octanol–water partition coefficient (Wildman–Crippen LogP) is 3.22. The second-order valence-corrected chi connectivity index (χ2v) is 7.95. The number of benzene rings is 2. The molecule has 0 bridgehead atoms. The van der Waals surface area contributed by atoms with E-state index in [1.54, 1.807) is 0 Å². The molecule has 0 aliphatic heterocycles. The maximum atomic E-state index is 13.2. The number of hydrogen-bond acceptors (Lipinski definition) is 6. The van der Waals surface area contributed by atoms with Crippen LogP contribution in [0.1, 0.15) is 18.9 Å². The zero-order chi connectivity index (χ0) is 23.9. The van der Waals surface area contributed by atoms with Crippen LogP contribution >= 0.6 is 0 Å². The number of fused-ring (bicyclic) bond motifs is 1. The lowest BCUT2D eigenvalue weighted by molar-refractivity contribution is -0.121. The van der Waals surface area contributed by atoms with E-state index in [1.807, 2.05) is 18.2 Å². The number of hydrogen-bond donors (Lipinski definition) is 1. The van der Waals surface area contributed by atoms with Crippen LogP contribution in [0, 0.1) is 5.82 Å². The summed E-state index contributed by atoms with van der Waals surface area (Å²) in [6.45, 7) is 5.07. The number of aromatic nitrogens is 3. The summed E-state index contributed by atoms with van der Waals surface area (Å²) in [5.41, 5.74) is 1.67. The molecule has 9 heteroatoms. The average Bonchev–Trinajstić information content (AvgIpc) is 3.29. The Bertz CT molecular complexity index is 1300. The summed E-state index contributed by atoms with van der Waals surface area (Å²) in [5.74, 6) is -0.681. The lowest BCUT2D eigenvalue weighted by Crippen LogP contribution is -2.34. The minimum Gasteiger partial charge on any atom is -0.354 e. The number of rotatable bonds is 10. The molecule has 1 N–H and O–H groups in total. The highest BCUT2D eigenvalue weighted by Gasteiger charge is 2.18. The maximum absolute atomic E-state index is 13.2. The van der Waals surface area contributed by atoms with Crippen LogP contribution in [0.25, 0.3) is 22.4 Å².